The van der Waals surface area contributed by atoms with E-state index >= 15 is 0 Å². The second-order valence-electron chi connectivity index (χ2n) is 21.1. The number of nitrogens with zero attached hydrogens (tertiary/aromatic N) is 3. The zero-order valence-corrected chi connectivity index (χ0v) is 45.8. The molecule has 8 rings (SSSR count). The molecule has 3 aliphatic heterocycles. The van der Waals surface area contributed by atoms with Gasteiger partial charge >= 0.3 is 24.4 Å². The molecule has 4 aromatic rings. The first-order valence-electron chi connectivity index (χ1n) is 27.5. The number of urea groups is 1. The van der Waals surface area contributed by atoms with Crippen LogP contribution in [-0.2, 0) is 62.1 Å². The van der Waals surface area contributed by atoms with Gasteiger partial charge in [-0.1, -0.05) is 78.4 Å². The molecule has 0 bridgehead atoms. The number of thioether (sulfide) groups is 1. The molecule has 4 amide bonds. The van der Waals surface area contributed by atoms with Gasteiger partial charge in [0.2, 0.25) is 5.91 Å². The first-order chi connectivity index (χ1) is 39.6. The smallest absolute Gasteiger partial charge is 0.417 e. The number of ether oxygens (including phenoxy) is 2. The van der Waals surface area contributed by atoms with Crippen molar-refractivity contribution in [2.75, 3.05) is 25.4 Å². The van der Waals surface area contributed by atoms with Gasteiger partial charge in [-0.2, -0.15) is 38.1 Å². The van der Waals surface area contributed by atoms with Crippen molar-refractivity contribution in [3.8, 4) is 0 Å². The lowest BCUT2D eigenvalue weighted by Crippen LogP contribution is -2.63. The number of rotatable bonds is 27. The van der Waals surface area contributed by atoms with E-state index in [0.29, 0.717) is 67.3 Å². The molecule has 3 saturated heterocycles. The van der Waals surface area contributed by atoms with E-state index in [0.717, 1.165) is 12.2 Å². The average molecular weight is 1190 g/mol. The number of carbonyl (C=O) groups excluding carboxylic acids is 5. The summed E-state index contributed by atoms with van der Waals surface area (Å²) < 4.78 is 101. The highest BCUT2D eigenvalue weighted by atomic mass is 32.2. The molecular formula is C57H66F6N8O11S. The molecule has 10 atom stereocenters. The zero-order chi connectivity index (χ0) is 59.4. The average Bonchev–Trinajstić information content (AvgIpc) is 4.44. The standard InChI is InChI=1S/C57H66F6N8O11S/c58-56(59,60)39-25-33(26-40(57(61,62)63)47(39)53(79)65-23-22-64-45(73)13-7-6-12-44-48-41(31-83-44)67-55(80)68-48)16-20-37-29-71(70-69-37)30-43-51(77)52(78)49(66-28-32-14-17-35(18-15-32)50(76)34-9-3-1-4-10-34)54(82-43)81-24-8-2-5-11-38-36(27-46(74)75)19-21-42(38)72/h1-5,9-10,14-15,17-18,25-26,29,36,38,41,43-44,48-49,51-52,54,66,77-78H,6-8,11-13,16,19-24,27-28,30-31H2,(H,64,73)(H,65,79)(H,74,75)(H2,67,68,80)/b5-2-/t36-,38-,41+,43-,44+,48+,49-,51+,52-,54-/m1/s1. The molecular weight excluding hydrogens is 1120 g/mol. The van der Waals surface area contributed by atoms with E-state index in [1.54, 1.807) is 78.5 Å². The number of hydrogen-bond acceptors (Lipinski definition) is 14. The number of aliphatic hydroxyl groups excluding tert-OH is 2. The number of carbonyl (C=O) groups is 6. The van der Waals surface area contributed by atoms with Gasteiger partial charge in [0.1, 0.15) is 24.1 Å². The normalized spacial score (nSPS) is 24.4. The summed E-state index contributed by atoms with van der Waals surface area (Å²) in [5, 5.41) is 54.1. The first-order valence-corrected chi connectivity index (χ1v) is 28.6. The topological polar surface area (TPSA) is 272 Å². The predicted molar refractivity (Wildman–Crippen MR) is 289 cm³/mol. The van der Waals surface area contributed by atoms with E-state index in [1.807, 2.05) is 0 Å². The molecule has 1 saturated carbocycles. The van der Waals surface area contributed by atoms with E-state index < -0.39 is 102 Å². The molecule has 0 radical (unpaired) electrons. The van der Waals surface area contributed by atoms with Crippen LogP contribution in [0.1, 0.15) is 112 Å². The Bertz CT molecular complexity index is 2910. The van der Waals surface area contributed by atoms with Gasteiger partial charge in [0.05, 0.1) is 53.7 Å². The van der Waals surface area contributed by atoms with Crippen LogP contribution in [0.15, 0.2) is 85.1 Å². The minimum Gasteiger partial charge on any atom is -0.481 e. The number of carboxylic acids is 1. The Morgan fingerprint density at radius 3 is 2.29 bits per heavy atom. The van der Waals surface area contributed by atoms with Crippen LogP contribution in [-0.4, -0.2) is 139 Å². The Morgan fingerprint density at radius 1 is 0.867 bits per heavy atom. The van der Waals surface area contributed by atoms with E-state index in [9.17, 15) is 70.4 Å². The predicted octanol–water partition coefficient (Wildman–Crippen LogP) is 5.93. The number of aliphatic carboxylic acids is 1. The molecule has 83 heavy (non-hydrogen) atoms. The third kappa shape index (κ3) is 16.8. The summed E-state index contributed by atoms with van der Waals surface area (Å²) in [6.45, 7) is -0.783. The third-order valence-electron chi connectivity index (χ3n) is 15.3. The van der Waals surface area contributed by atoms with Crippen LogP contribution >= 0.6 is 11.8 Å². The summed E-state index contributed by atoms with van der Waals surface area (Å²) in [5.41, 5.74) is -3.83. The van der Waals surface area contributed by atoms with Crippen molar-refractivity contribution < 1.29 is 79.9 Å². The maximum Gasteiger partial charge on any atom is 0.417 e. The number of allylic oxidation sites excluding steroid dienone is 1. The quantitative estimate of drug-likeness (QED) is 0.0113. The van der Waals surface area contributed by atoms with Gasteiger partial charge in [0.25, 0.3) is 5.91 Å². The lowest BCUT2D eigenvalue weighted by Gasteiger charge is -2.43. The Balaban J connectivity index is 0.865. The maximum absolute atomic E-state index is 14.6. The molecule has 4 aliphatic rings. The fraction of sp³-hybridized carbons (Fsp3) is 0.509. The number of carboxylic acid groups (broad SMARTS) is 1. The highest BCUT2D eigenvalue weighted by Crippen LogP contribution is 2.41. The molecule has 0 unspecified atom stereocenters. The Morgan fingerprint density at radius 2 is 1.58 bits per heavy atom. The molecule has 1 aliphatic carbocycles. The van der Waals surface area contributed by atoms with Crippen molar-refractivity contribution in [2.45, 2.75) is 144 Å². The number of fused-ring (bicyclic) bond motifs is 1. The van der Waals surface area contributed by atoms with Crippen molar-refractivity contribution in [1.82, 2.24) is 41.6 Å². The van der Waals surface area contributed by atoms with Crippen LogP contribution in [0.2, 0.25) is 0 Å². The fourth-order valence-corrected chi connectivity index (χ4v) is 12.5. The number of alkyl halides is 6. The summed E-state index contributed by atoms with van der Waals surface area (Å²) in [6.07, 6.45) is -8.48. The number of aryl methyl sites for hydroxylation is 2. The molecule has 3 aromatic carbocycles. The Labute approximate surface area is 478 Å². The van der Waals surface area contributed by atoms with Crippen LogP contribution in [0.4, 0.5) is 31.1 Å². The van der Waals surface area contributed by atoms with Gasteiger partial charge in [0, 0.05) is 73.1 Å². The summed E-state index contributed by atoms with van der Waals surface area (Å²) in [6, 6.07) is 15.3. The highest BCUT2D eigenvalue weighted by molar-refractivity contribution is 8.00. The number of benzene rings is 3. The van der Waals surface area contributed by atoms with Crippen molar-refractivity contribution >= 4 is 47.1 Å². The first kappa shape index (κ1) is 62.3. The summed E-state index contributed by atoms with van der Waals surface area (Å²) in [7, 11) is 0. The van der Waals surface area contributed by atoms with E-state index in [-0.39, 0.29) is 92.0 Å². The molecule has 0 spiro atoms. The largest absolute Gasteiger partial charge is 0.481 e. The highest BCUT2D eigenvalue weighted by Gasteiger charge is 2.47. The van der Waals surface area contributed by atoms with Crippen LogP contribution in [0, 0.1) is 11.8 Å². The van der Waals surface area contributed by atoms with Gasteiger partial charge in [-0.05, 0) is 74.1 Å². The number of nitrogens with one attached hydrogen (secondary N) is 5. The van der Waals surface area contributed by atoms with Crippen LogP contribution in [0.25, 0.3) is 0 Å². The number of hydrogen-bond donors (Lipinski definition) is 8. The number of Topliss-reactive ketones (excluding diaryl/α,β-unsaturated/α-hetero) is 1. The second-order valence-corrected chi connectivity index (χ2v) is 22.4. The third-order valence-corrected chi connectivity index (χ3v) is 16.8. The second kappa shape index (κ2) is 28.2. The van der Waals surface area contributed by atoms with Crippen LogP contribution < -0.4 is 26.6 Å². The number of unbranched alkanes of at least 4 members (excludes halogenated alkanes) is 1. The number of aliphatic hydroxyl groups is 2. The Kier molecular flexibility index (Phi) is 21.2. The zero-order valence-electron chi connectivity index (χ0n) is 45.0. The molecule has 8 N–H and O–H groups in total. The van der Waals surface area contributed by atoms with Gasteiger partial charge in [-0.25, -0.2) is 9.48 Å². The minimum absolute atomic E-state index is 0.0113. The summed E-state index contributed by atoms with van der Waals surface area (Å²) in [4.78, 5) is 74.1. The molecule has 1 aromatic heterocycles. The van der Waals surface area contributed by atoms with Gasteiger partial charge in [-0.15, -0.1) is 5.10 Å². The number of amides is 4. The Hall–Kier alpha value is -6.71. The molecule has 4 heterocycles. The lowest BCUT2D eigenvalue weighted by atomic mass is 9.89. The number of halogens is 6. The van der Waals surface area contributed by atoms with Gasteiger partial charge in [0.15, 0.2) is 12.1 Å². The van der Waals surface area contributed by atoms with Crippen molar-refractivity contribution in [1.29, 1.82) is 0 Å². The molecule has 4 fully saturated rings. The number of aromatic nitrogens is 3. The monoisotopic (exact) mass is 1180 g/mol. The summed E-state index contributed by atoms with van der Waals surface area (Å²) >= 11 is 1.73. The van der Waals surface area contributed by atoms with E-state index in [2.05, 4.69) is 36.9 Å². The molecule has 19 nitrogen and oxygen atoms in total. The van der Waals surface area contributed by atoms with Crippen molar-refractivity contribution in [3.63, 3.8) is 0 Å². The van der Waals surface area contributed by atoms with Crippen molar-refractivity contribution in [3.05, 3.63) is 130 Å². The number of ketones is 2. The van der Waals surface area contributed by atoms with Crippen molar-refractivity contribution in [2.24, 2.45) is 11.8 Å². The van der Waals surface area contributed by atoms with Gasteiger partial charge < -0.3 is 51.4 Å². The van der Waals surface area contributed by atoms with Crippen LogP contribution in [0.3, 0.4) is 0 Å². The lowest BCUT2D eigenvalue weighted by molar-refractivity contribution is -0.268. The molecule has 448 valence electrons. The minimum atomic E-state index is -5.39. The van der Waals surface area contributed by atoms with E-state index in [4.69, 9.17) is 9.47 Å². The maximum atomic E-state index is 14.6. The molecule has 26 heteroatoms. The summed E-state index contributed by atoms with van der Waals surface area (Å²) in [5.74, 6) is -3.06. The van der Waals surface area contributed by atoms with Gasteiger partial charge in [-0.3, -0.25) is 24.0 Å². The van der Waals surface area contributed by atoms with Crippen LogP contribution in [0.5, 0.6) is 0 Å². The SMILES string of the molecule is O=C(O)C[C@H]1CCC(=O)[C@@H]1C/C=C\CCO[C@@H]1O[C@H](Cn2cc(CCc3cc(C(F)(F)F)c(C(=O)NCCNC(=O)CCCC[C@@H]4SC[C@@H]5NC(=O)N[C@@H]54)c(C(F)(F)F)c3)nn2)[C@H](O)[C@H](O)[C@H]1NCc1ccc(C(=O)c2ccccc2)cc1. The fourth-order valence-electron chi connectivity index (χ4n) is 11.0. The van der Waals surface area contributed by atoms with E-state index in [1.165, 1.54) is 10.9 Å².